The van der Waals surface area contributed by atoms with Gasteiger partial charge in [-0.2, -0.15) is 0 Å². The number of hydrogen-bond donors (Lipinski definition) is 1. The number of rotatable bonds is 5. The zero-order chi connectivity index (χ0) is 14.6. The van der Waals surface area contributed by atoms with Crippen LogP contribution in [0, 0.1) is 0 Å². The molecular weight excluding hydrogens is 287 g/mol. The van der Waals surface area contributed by atoms with Gasteiger partial charge >= 0.3 is 6.36 Å². The lowest BCUT2D eigenvalue weighted by atomic mass is 10.3. The van der Waals surface area contributed by atoms with Crippen LogP contribution in [-0.4, -0.2) is 6.36 Å². The molecule has 0 saturated carbocycles. The standard InChI is InChI=1S/C14H14F3NOS/c1-2-12-7-8-13(20-12)9-18-10-3-5-11(6-4-10)19-14(15,16)17/h3-8,18H,2,9H2,1H3. The van der Waals surface area contributed by atoms with Gasteiger partial charge in [0.05, 0.1) is 0 Å². The van der Waals surface area contributed by atoms with Crippen molar-refractivity contribution in [2.75, 3.05) is 5.32 Å². The molecule has 1 N–H and O–H groups in total. The molecule has 0 aliphatic carbocycles. The van der Waals surface area contributed by atoms with Crippen LogP contribution in [0.4, 0.5) is 18.9 Å². The van der Waals surface area contributed by atoms with Gasteiger partial charge in [0.25, 0.3) is 0 Å². The summed E-state index contributed by atoms with van der Waals surface area (Å²) in [6.07, 6.45) is -3.64. The third-order valence-corrected chi connectivity index (χ3v) is 3.85. The maximum absolute atomic E-state index is 12.0. The van der Waals surface area contributed by atoms with E-state index in [1.807, 2.05) is 0 Å². The Hall–Kier alpha value is -1.69. The Morgan fingerprint density at radius 3 is 2.25 bits per heavy atom. The van der Waals surface area contributed by atoms with E-state index in [-0.39, 0.29) is 5.75 Å². The van der Waals surface area contributed by atoms with E-state index in [9.17, 15) is 13.2 Å². The Morgan fingerprint density at radius 2 is 1.70 bits per heavy atom. The molecule has 0 fully saturated rings. The summed E-state index contributed by atoms with van der Waals surface area (Å²) in [5, 5.41) is 3.16. The van der Waals surface area contributed by atoms with Crippen LogP contribution >= 0.6 is 11.3 Å². The van der Waals surface area contributed by atoms with E-state index in [1.54, 1.807) is 23.5 Å². The van der Waals surface area contributed by atoms with Crippen LogP contribution in [0.15, 0.2) is 36.4 Å². The maximum atomic E-state index is 12.0. The minimum atomic E-state index is -4.65. The summed E-state index contributed by atoms with van der Waals surface area (Å²) in [5.74, 6) is -0.215. The van der Waals surface area contributed by atoms with E-state index in [1.165, 1.54) is 21.9 Å². The van der Waals surface area contributed by atoms with Crippen LogP contribution in [0.2, 0.25) is 0 Å². The zero-order valence-corrected chi connectivity index (χ0v) is 11.6. The topological polar surface area (TPSA) is 21.3 Å². The highest BCUT2D eigenvalue weighted by Crippen LogP contribution is 2.24. The van der Waals surface area contributed by atoms with E-state index in [4.69, 9.17) is 0 Å². The van der Waals surface area contributed by atoms with Crippen molar-refractivity contribution in [2.24, 2.45) is 0 Å². The third kappa shape index (κ3) is 4.45. The molecule has 1 heterocycles. The van der Waals surface area contributed by atoms with Crippen LogP contribution in [0.25, 0.3) is 0 Å². The van der Waals surface area contributed by atoms with Gasteiger partial charge in [-0.15, -0.1) is 24.5 Å². The average molecular weight is 301 g/mol. The highest BCUT2D eigenvalue weighted by atomic mass is 32.1. The number of aryl methyl sites for hydroxylation is 1. The van der Waals surface area contributed by atoms with Crippen molar-refractivity contribution in [3.05, 3.63) is 46.2 Å². The van der Waals surface area contributed by atoms with E-state index >= 15 is 0 Å². The van der Waals surface area contributed by atoms with Crippen molar-refractivity contribution in [2.45, 2.75) is 26.3 Å². The Morgan fingerprint density at radius 1 is 1.05 bits per heavy atom. The molecule has 6 heteroatoms. The van der Waals surface area contributed by atoms with Crippen LogP contribution in [-0.2, 0) is 13.0 Å². The smallest absolute Gasteiger partial charge is 0.406 e. The van der Waals surface area contributed by atoms with Crippen molar-refractivity contribution in [3.8, 4) is 5.75 Å². The lowest BCUT2D eigenvalue weighted by Crippen LogP contribution is -2.17. The maximum Gasteiger partial charge on any atom is 0.573 e. The SMILES string of the molecule is CCc1ccc(CNc2ccc(OC(F)(F)F)cc2)s1. The molecule has 0 aliphatic heterocycles. The number of alkyl halides is 3. The minimum Gasteiger partial charge on any atom is -0.406 e. The van der Waals surface area contributed by atoms with Gasteiger partial charge in [0.1, 0.15) is 5.75 Å². The molecule has 0 bridgehead atoms. The zero-order valence-electron chi connectivity index (χ0n) is 10.8. The largest absolute Gasteiger partial charge is 0.573 e. The summed E-state index contributed by atoms with van der Waals surface area (Å²) in [6.45, 7) is 2.76. The van der Waals surface area contributed by atoms with E-state index in [2.05, 4.69) is 29.1 Å². The highest BCUT2D eigenvalue weighted by Gasteiger charge is 2.30. The minimum absolute atomic E-state index is 0.215. The molecule has 1 aromatic heterocycles. The summed E-state index contributed by atoms with van der Waals surface area (Å²) >= 11 is 1.73. The van der Waals surface area contributed by atoms with Gasteiger partial charge in [0.15, 0.2) is 0 Å². The fourth-order valence-corrected chi connectivity index (χ4v) is 2.57. The van der Waals surface area contributed by atoms with Crippen LogP contribution < -0.4 is 10.1 Å². The molecule has 2 aromatic rings. The summed E-state index contributed by atoms with van der Waals surface area (Å²) in [5.41, 5.74) is 0.756. The molecule has 2 nitrogen and oxygen atoms in total. The number of hydrogen-bond acceptors (Lipinski definition) is 3. The van der Waals surface area contributed by atoms with Crippen molar-refractivity contribution in [1.82, 2.24) is 0 Å². The second-order valence-electron chi connectivity index (χ2n) is 4.15. The molecule has 108 valence electrons. The summed E-state index contributed by atoms with van der Waals surface area (Å²) in [4.78, 5) is 2.51. The molecule has 2 rings (SSSR count). The van der Waals surface area contributed by atoms with Gasteiger partial charge in [-0.25, -0.2) is 0 Å². The number of thiophene rings is 1. The van der Waals surface area contributed by atoms with Gasteiger partial charge in [0.2, 0.25) is 0 Å². The summed E-state index contributed by atoms with van der Waals surface area (Å²) in [6, 6.07) is 9.86. The monoisotopic (exact) mass is 301 g/mol. The molecular formula is C14H14F3NOS. The van der Waals surface area contributed by atoms with Crippen molar-refractivity contribution in [3.63, 3.8) is 0 Å². The number of halogens is 3. The number of ether oxygens (including phenoxy) is 1. The van der Waals surface area contributed by atoms with Crippen LogP contribution in [0.5, 0.6) is 5.75 Å². The summed E-state index contributed by atoms with van der Waals surface area (Å²) in [7, 11) is 0. The quantitative estimate of drug-likeness (QED) is 0.854. The normalized spacial score (nSPS) is 11.4. The van der Waals surface area contributed by atoms with Crippen LogP contribution in [0.1, 0.15) is 16.7 Å². The molecule has 0 radical (unpaired) electrons. The van der Waals surface area contributed by atoms with Crippen molar-refractivity contribution < 1.29 is 17.9 Å². The second kappa shape index (κ2) is 6.17. The predicted octanol–water partition coefficient (Wildman–Crippen LogP) is 4.82. The average Bonchev–Trinajstić information content (AvgIpc) is 2.84. The van der Waals surface area contributed by atoms with Gasteiger partial charge in [-0.3, -0.25) is 0 Å². The number of benzene rings is 1. The number of nitrogens with one attached hydrogen (secondary N) is 1. The molecule has 0 aliphatic rings. The number of anilines is 1. The van der Waals surface area contributed by atoms with Gasteiger partial charge < -0.3 is 10.1 Å². The lowest BCUT2D eigenvalue weighted by Gasteiger charge is -2.10. The predicted molar refractivity (Wildman–Crippen MR) is 74.1 cm³/mol. The molecule has 0 atom stereocenters. The van der Waals surface area contributed by atoms with E-state index < -0.39 is 6.36 Å². The molecule has 0 spiro atoms. The Kier molecular flexibility index (Phi) is 4.54. The van der Waals surface area contributed by atoms with E-state index in [0.717, 1.165) is 12.1 Å². The first-order chi connectivity index (χ1) is 9.46. The fourth-order valence-electron chi connectivity index (χ4n) is 1.67. The van der Waals surface area contributed by atoms with E-state index in [0.29, 0.717) is 6.54 Å². The Labute approximate surface area is 119 Å². The second-order valence-corrected chi connectivity index (χ2v) is 5.40. The van der Waals surface area contributed by atoms with Gasteiger partial charge in [-0.1, -0.05) is 6.92 Å². The Bertz CT molecular complexity index is 548. The molecule has 0 saturated heterocycles. The first kappa shape index (κ1) is 14.7. The third-order valence-electron chi connectivity index (χ3n) is 2.62. The lowest BCUT2D eigenvalue weighted by molar-refractivity contribution is -0.274. The van der Waals surface area contributed by atoms with Gasteiger partial charge in [0, 0.05) is 22.0 Å². The summed E-state index contributed by atoms with van der Waals surface area (Å²) < 4.78 is 39.8. The van der Waals surface area contributed by atoms with Gasteiger partial charge in [-0.05, 0) is 42.8 Å². The van der Waals surface area contributed by atoms with Crippen molar-refractivity contribution in [1.29, 1.82) is 0 Å². The van der Waals surface area contributed by atoms with Crippen molar-refractivity contribution >= 4 is 17.0 Å². The molecule has 1 aromatic carbocycles. The first-order valence-corrected chi connectivity index (χ1v) is 6.95. The first-order valence-electron chi connectivity index (χ1n) is 6.13. The fraction of sp³-hybridized carbons (Fsp3) is 0.286. The Balaban J connectivity index is 1.90. The highest BCUT2D eigenvalue weighted by molar-refractivity contribution is 7.12. The molecule has 0 amide bonds. The molecule has 0 unspecified atom stereocenters. The van der Waals surface area contributed by atoms with Crippen LogP contribution in [0.3, 0.4) is 0 Å². The molecule has 20 heavy (non-hydrogen) atoms.